The molecule has 7 heteroatoms. The molecular weight excluding hydrogens is 375 g/mol. The van der Waals surface area contributed by atoms with Crippen molar-refractivity contribution in [1.82, 2.24) is 0 Å². The summed E-state index contributed by atoms with van der Waals surface area (Å²) >= 11 is 11.9. The van der Waals surface area contributed by atoms with Gasteiger partial charge in [0.25, 0.3) is 0 Å². The van der Waals surface area contributed by atoms with E-state index in [9.17, 15) is 4.79 Å². The predicted molar refractivity (Wildman–Crippen MR) is 103 cm³/mol. The fourth-order valence-corrected chi connectivity index (χ4v) is 2.83. The molecule has 0 saturated heterocycles. The van der Waals surface area contributed by atoms with Crippen LogP contribution in [-0.2, 0) is 14.4 Å². The Bertz CT molecular complexity index is 820. The van der Waals surface area contributed by atoms with Crippen molar-refractivity contribution in [3.05, 3.63) is 69.9 Å². The van der Waals surface area contributed by atoms with Crippen molar-refractivity contribution in [1.29, 1.82) is 0 Å². The topological polar surface area (TPSA) is 50.8 Å². The number of halogens is 2. The summed E-state index contributed by atoms with van der Waals surface area (Å²) in [5.74, 6) is 0.0588. The lowest BCUT2D eigenvalue weighted by Crippen LogP contribution is -2.42. The summed E-state index contributed by atoms with van der Waals surface area (Å²) in [4.78, 5) is 17.5. The molecule has 1 aliphatic rings. The van der Waals surface area contributed by atoms with E-state index in [0.717, 1.165) is 16.9 Å². The van der Waals surface area contributed by atoms with Crippen LogP contribution in [0, 0.1) is 0 Å². The number of esters is 1. The summed E-state index contributed by atoms with van der Waals surface area (Å²) in [6.07, 6.45) is -0.662. The van der Waals surface area contributed by atoms with E-state index >= 15 is 0 Å². The minimum Gasteiger partial charge on any atom is -0.426 e. The second-order valence-corrected chi connectivity index (χ2v) is 6.76. The molecule has 0 radical (unpaired) electrons. The van der Waals surface area contributed by atoms with Crippen LogP contribution in [0.2, 0.25) is 10.0 Å². The van der Waals surface area contributed by atoms with Gasteiger partial charge in [0.05, 0.1) is 12.2 Å². The maximum atomic E-state index is 11.5. The van der Waals surface area contributed by atoms with Crippen LogP contribution in [0.4, 0.5) is 11.4 Å². The van der Waals surface area contributed by atoms with E-state index in [1.165, 1.54) is 6.92 Å². The lowest BCUT2D eigenvalue weighted by atomic mass is 10.2. The Balaban J connectivity index is 1.88. The summed E-state index contributed by atoms with van der Waals surface area (Å²) in [7, 11) is 0. The van der Waals surface area contributed by atoms with Crippen molar-refractivity contribution in [2.45, 2.75) is 20.1 Å². The van der Waals surface area contributed by atoms with Gasteiger partial charge in [-0.25, -0.2) is 9.90 Å². The molecule has 0 saturated carbocycles. The highest BCUT2D eigenvalue weighted by atomic mass is 35.5. The maximum Gasteiger partial charge on any atom is 0.307 e. The van der Waals surface area contributed by atoms with Crippen molar-refractivity contribution in [3.8, 4) is 0 Å². The Hall–Kier alpha value is -2.21. The average Bonchev–Trinajstić information content (AvgIpc) is 2.60. The number of carbonyl (C=O) groups excluding carboxylic acids is 1. The smallest absolute Gasteiger partial charge is 0.307 e. The van der Waals surface area contributed by atoms with Crippen molar-refractivity contribution in [2.24, 2.45) is 0 Å². The molecule has 1 aliphatic heterocycles. The van der Waals surface area contributed by atoms with Crippen LogP contribution in [0.1, 0.15) is 13.8 Å². The minimum atomic E-state index is -0.662. The Morgan fingerprint density at radius 3 is 2.27 bits per heavy atom. The van der Waals surface area contributed by atoms with Gasteiger partial charge in [0, 0.05) is 22.7 Å². The highest BCUT2D eigenvalue weighted by Gasteiger charge is 2.30. The minimum absolute atomic E-state index is 0.397. The zero-order valence-electron chi connectivity index (χ0n) is 14.3. The van der Waals surface area contributed by atoms with E-state index in [-0.39, 0.29) is 0 Å². The quantitative estimate of drug-likeness (QED) is 0.740. The predicted octanol–water partition coefficient (Wildman–Crippen LogP) is 5.02. The third kappa shape index (κ3) is 4.49. The van der Waals surface area contributed by atoms with Gasteiger partial charge in [0.1, 0.15) is 0 Å². The van der Waals surface area contributed by atoms with E-state index in [1.54, 1.807) is 29.3 Å². The third-order valence-electron chi connectivity index (χ3n) is 3.78. The molecular formula is C19H18Cl2N2O3. The van der Waals surface area contributed by atoms with Gasteiger partial charge in [0.2, 0.25) is 6.23 Å². The largest absolute Gasteiger partial charge is 0.426 e. The van der Waals surface area contributed by atoms with Gasteiger partial charge in [-0.1, -0.05) is 23.2 Å². The number of hydroxylamine groups is 1. The number of ether oxygens (including phenoxy) is 1. The number of nitrogens with zero attached hydrogens (tertiary/aromatic N) is 1. The Morgan fingerprint density at radius 2 is 1.69 bits per heavy atom. The SMILES string of the molecule is CC(=O)OC1=C(C)CN(c2ccc(Cl)cc2)OC1Nc1ccc(Cl)cc1. The van der Waals surface area contributed by atoms with E-state index < -0.39 is 12.2 Å². The van der Waals surface area contributed by atoms with Crippen molar-refractivity contribution in [2.75, 3.05) is 16.9 Å². The van der Waals surface area contributed by atoms with E-state index in [2.05, 4.69) is 5.32 Å². The van der Waals surface area contributed by atoms with Gasteiger partial charge in [-0.15, -0.1) is 0 Å². The molecule has 0 aromatic heterocycles. The van der Waals surface area contributed by atoms with Gasteiger partial charge in [0.15, 0.2) is 5.76 Å². The molecule has 1 N–H and O–H groups in total. The highest BCUT2D eigenvalue weighted by Crippen LogP contribution is 2.29. The number of benzene rings is 2. The second kappa shape index (κ2) is 7.99. The van der Waals surface area contributed by atoms with Gasteiger partial charge in [-0.05, 0) is 61.0 Å². The molecule has 3 rings (SSSR count). The summed E-state index contributed by atoms with van der Waals surface area (Å²) in [6, 6.07) is 14.5. The van der Waals surface area contributed by atoms with Gasteiger partial charge in [-0.2, -0.15) is 0 Å². The van der Waals surface area contributed by atoms with Crippen molar-refractivity contribution in [3.63, 3.8) is 0 Å². The lowest BCUT2D eigenvalue weighted by molar-refractivity contribution is -0.139. The first-order valence-electron chi connectivity index (χ1n) is 8.02. The van der Waals surface area contributed by atoms with Crippen LogP contribution in [0.3, 0.4) is 0 Å². The second-order valence-electron chi connectivity index (χ2n) is 5.89. The van der Waals surface area contributed by atoms with E-state index in [4.69, 9.17) is 32.8 Å². The standard InChI is InChI=1S/C19H18Cl2N2O3/c1-12-11-23(17-9-5-15(21)6-10-17)26-19(18(12)25-13(2)24)22-16-7-3-14(20)4-8-16/h3-10,19,22H,11H2,1-2H3. The molecule has 0 aliphatic carbocycles. The maximum absolute atomic E-state index is 11.5. The van der Waals surface area contributed by atoms with E-state index in [0.29, 0.717) is 22.3 Å². The van der Waals surface area contributed by atoms with Gasteiger partial charge >= 0.3 is 5.97 Å². The number of hydrogen-bond acceptors (Lipinski definition) is 5. The van der Waals surface area contributed by atoms with Crippen LogP contribution in [0.5, 0.6) is 0 Å². The Kier molecular flexibility index (Phi) is 5.71. The first kappa shape index (κ1) is 18.6. The molecule has 5 nitrogen and oxygen atoms in total. The molecule has 136 valence electrons. The van der Waals surface area contributed by atoms with Gasteiger partial charge < -0.3 is 10.1 Å². The first-order chi connectivity index (χ1) is 12.4. The molecule has 2 aromatic carbocycles. The first-order valence-corrected chi connectivity index (χ1v) is 8.78. The number of nitrogens with one attached hydrogen (secondary N) is 1. The van der Waals surface area contributed by atoms with Crippen molar-refractivity contribution >= 4 is 40.5 Å². The Morgan fingerprint density at radius 1 is 1.12 bits per heavy atom. The molecule has 26 heavy (non-hydrogen) atoms. The molecule has 2 aromatic rings. The van der Waals surface area contributed by atoms with Crippen LogP contribution in [-0.4, -0.2) is 18.7 Å². The molecule has 0 bridgehead atoms. The number of rotatable bonds is 4. The Labute approximate surface area is 162 Å². The summed E-state index contributed by atoms with van der Waals surface area (Å²) in [5.41, 5.74) is 2.52. The molecule has 1 atom stereocenters. The highest BCUT2D eigenvalue weighted by molar-refractivity contribution is 6.30. The normalized spacial score (nSPS) is 17.2. The zero-order valence-corrected chi connectivity index (χ0v) is 15.8. The molecule has 1 unspecified atom stereocenters. The molecule has 0 amide bonds. The fraction of sp³-hybridized carbons (Fsp3) is 0.211. The van der Waals surface area contributed by atoms with Crippen molar-refractivity contribution < 1.29 is 14.4 Å². The molecule has 0 spiro atoms. The monoisotopic (exact) mass is 392 g/mol. The van der Waals surface area contributed by atoms with Crippen LogP contribution in [0.15, 0.2) is 59.9 Å². The molecule has 1 heterocycles. The van der Waals surface area contributed by atoms with Crippen LogP contribution >= 0.6 is 23.2 Å². The summed E-state index contributed by atoms with van der Waals surface area (Å²) in [6.45, 7) is 3.73. The van der Waals surface area contributed by atoms with Crippen LogP contribution in [0.25, 0.3) is 0 Å². The fourth-order valence-electron chi connectivity index (χ4n) is 2.57. The zero-order chi connectivity index (χ0) is 18.7. The lowest BCUT2D eigenvalue weighted by Gasteiger charge is -2.36. The van der Waals surface area contributed by atoms with E-state index in [1.807, 2.05) is 31.2 Å². The van der Waals surface area contributed by atoms with Crippen LogP contribution < -0.4 is 10.4 Å². The average molecular weight is 393 g/mol. The molecule has 0 fully saturated rings. The third-order valence-corrected chi connectivity index (χ3v) is 4.29. The number of anilines is 2. The number of carbonyl (C=O) groups is 1. The van der Waals surface area contributed by atoms with Gasteiger partial charge in [-0.3, -0.25) is 4.79 Å². The summed E-state index contributed by atoms with van der Waals surface area (Å²) < 4.78 is 5.39. The number of hydrogen-bond donors (Lipinski definition) is 1. The summed E-state index contributed by atoms with van der Waals surface area (Å²) in [5, 5.41) is 6.23.